The molecule has 0 fully saturated rings. The molecule has 0 saturated heterocycles. The number of aromatic amines is 2. The number of halogens is 1. The van der Waals surface area contributed by atoms with Gasteiger partial charge in [0.25, 0.3) is 0 Å². The molecular weight excluding hydrogens is 375 g/mol. The number of hydrogen-bond donors (Lipinski definition) is 2. The summed E-state index contributed by atoms with van der Waals surface area (Å²) in [6, 6.07) is 9.83. The summed E-state index contributed by atoms with van der Waals surface area (Å²) < 4.78 is 6.13. The molecule has 1 unspecified atom stereocenters. The predicted molar refractivity (Wildman–Crippen MR) is 87.3 cm³/mol. The number of H-pyrrole nitrogens is 2. The van der Waals surface area contributed by atoms with E-state index >= 15 is 0 Å². The predicted octanol–water partition coefficient (Wildman–Crippen LogP) is 2.82. The lowest BCUT2D eigenvalue weighted by molar-refractivity contribution is 0.327. The molecule has 2 aromatic rings. The van der Waals surface area contributed by atoms with E-state index in [-0.39, 0.29) is 5.69 Å². The molecule has 0 aliphatic heterocycles. The maximum absolute atomic E-state index is 10.9. The minimum absolute atomic E-state index is 0.144. The van der Waals surface area contributed by atoms with Crippen LogP contribution in [0, 0.1) is 0 Å². The number of benzene rings is 1. The highest BCUT2D eigenvalue weighted by molar-refractivity contribution is 14.1. The zero-order chi connectivity index (χ0) is 13.5. The van der Waals surface area contributed by atoms with E-state index in [2.05, 4.69) is 32.6 Å². The van der Waals surface area contributed by atoms with E-state index in [1.54, 1.807) is 18.0 Å². The minimum Gasteiger partial charge on any atom is -0.492 e. The first-order valence-electron chi connectivity index (χ1n) is 5.90. The molecule has 0 bridgehead atoms. The summed E-state index contributed by atoms with van der Waals surface area (Å²) in [7, 11) is 0. The number of para-hydroxylation sites is 1. The molecule has 0 spiro atoms. The number of rotatable bonds is 7. The molecule has 1 aromatic carbocycles. The molecule has 19 heavy (non-hydrogen) atoms. The Balaban J connectivity index is 1.64. The summed E-state index contributed by atoms with van der Waals surface area (Å²) in [5.41, 5.74) is 0.789. The van der Waals surface area contributed by atoms with Crippen LogP contribution in [0.5, 0.6) is 5.75 Å². The van der Waals surface area contributed by atoms with Crippen molar-refractivity contribution in [1.82, 2.24) is 9.97 Å². The van der Waals surface area contributed by atoms with Gasteiger partial charge in [-0.1, -0.05) is 40.8 Å². The van der Waals surface area contributed by atoms with Crippen LogP contribution in [0.1, 0.15) is 5.69 Å². The van der Waals surface area contributed by atoms with Crippen LogP contribution in [0.15, 0.2) is 41.3 Å². The average molecular weight is 390 g/mol. The lowest BCUT2D eigenvalue weighted by Gasteiger charge is -2.11. The zero-order valence-electron chi connectivity index (χ0n) is 10.3. The van der Waals surface area contributed by atoms with Crippen molar-refractivity contribution < 1.29 is 4.74 Å². The first-order valence-corrected chi connectivity index (χ1v) is 8.30. The highest BCUT2D eigenvalue weighted by Gasteiger charge is 2.06. The Bertz CT molecular complexity index is 541. The Morgan fingerprint density at radius 1 is 1.32 bits per heavy atom. The van der Waals surface area contributed by atoms with Gasteiger partial charge in [0, 0.05) is 23.4 Å². The molecule has 4 nitrogen and oxygen atoms in total. The van der Waals surface area contributed by atoms with Gasteiger partial charge in [-0.25, -0.2) is 4.79 Å². The van der Waals surface area contributed by atoms with Crippen LogP contribution in [0.4, 0.5) is 0 Å². The zero-order valence-corrected chi connectivity index (χ0v) is 13.2. The van der Waals surface area contributed by atoms with Gasteiger partial charge in [-0.2, -0.15) is 11.8 Å². The molecule has 0 radical (unpaired) electrons. The highest BCUT2D eigenvalue weighted by Crippen LogP contribution is 2.16. The van der Waals surface area contributed by atoms with Crippen molar-refractivity contribution in [2.75, 3.05) is 12.4 Å². The normalized spacial score (nSPS) is 12.3. The van der Waals surface area contributed by atoms with E-state index in [0.29, 0.717) is 10.5 Å². The summed E-state index contributed by atoms with van der Waals surface area (Å²) >= 11 is 4.18. The monoisotopic (exact) mass is 390 g/mol. The third-order valence-corrected chi connectivity index (χ3v) is 4.93. The number of thioether (sulfide) groups is 1. The summed E-state index contributed by atoms with van der Waals surface area (Å²) in [4.78, 5) is 16.2. The van der Waals surface area contributed by atoms with Crippen LogP contribution < -0.4 is 10.4 Å². The topological polar surface area (TPSA) is 57.9 Å². The lowest BCUT2D eigenvalue weighted by Crippen LogP contribution is -2.13. The first kappa shape index (κ1) is 14.5. The van der Waals surface area contributed by atoms with E-state index < -0.39 is 0 Å². The number of aromatic nitrogens is 2. The first-order chi connectivity index (χ1) is 9.24. The highest BCUT2D eigenvalue weighted by atomic mass is 127. The molecular formula is C13H15IN2O2S. The summed E-state index contributed by atoms with van der Waals surface area (Å²) in [6.45, 7) is 0.696. The average Bonchev–Trinajstić information content (AvgIpc) is 2.83. The molecule has 1 heterocycles. The Hall–Kier alpha value is -0.890. The molecule has 0 aliphatic carbocycles. The SMILES string of the molecule is O=c1[nH]cc(CSCC(I)COc2ccccc2)[nH]1. The maximum atomic E-state index is 10.9. The maximum Gasteiger partial charge on any atom is 0.323 e. The van der Waals surface area contributed by atoms with Crippen LogP contribution in [-0.4, -0.2) is 26.3 Å². The fraction of sp³-hybridized carbons (Fsp3) is 0.308. The summed E-state index contributed by atoms with van der Waals surface area (Å²) in [5, 5.41) is 0. The molecule has 1 atom stereocenters. The number of hydrogen-bond acceptors (Lipinski definition) is 3. The molecule has 0 aliphatic rings. The van der Waals surface area contributed by atoms with E-state index in [9.17, 15) is 4.79 Å². The number of ether oxygens (including phenoxy) is 1. The van der Waals surface area contributed by atoms with Crippen molar-refractivity contribution in [2.24, 2.45) is 0 Å². The second-order valence-electron chi connectivity index (χ2n) is 4.00. The molecule has 1 aromatic heterocycles. The molecule has 0 amide bonds. The fourth-order valence-corrected chi connectivity index (χ4v) is 3.28. The van der Waals surface area contributed by atoms with Crippen molar-refractivity contribution in [2.45, 2.75) is 9.68 Å². The fourth-order valence-electron chi connectivity index (χ4n) is 1.50. The van der Waals surface area contributed by atoms with E-state index in [1.165, 1.54) is 0 Å². The Labute approximate surface area is 129 Å². The van der Waals surface area contributed by atoms with E-state index in [1.807, 2.05) is 30.3 Å². The molecule has 6 heteroatoms. The minimum atomic E-state index is -0.144. The third kappa shape index (κ3) is 5.32. The quantitative estimate of drug-likeness (QED) is 0.565. The van der Waals surface area contributed by atoms with Crippen LogP contribution in [0.2, 0.25) is 0 Å². The Morgan fingerprint density at radius 2 is 2.11 bits per heavy atom. The van der Waals surface area contributed by atoms with E-state index in [4.69, 9.17) is 4.74 Å². The van der Waals surface area contributed by atoms with Crippen molar-refractivity contribution in [3.05, 3.63) is 52.7 Å². The van der Waals surface area contributed by atoms with Crippen LogP contribution in [-0.2, 0) is 5.75 Å². The molecule has 2 N–H and O–H groups in total. The summed E-state index contributed by atoms with van der Waals surface area (Å²) in [6.07, 6.45) is 1.72. The van der Waals surface area contributed by atoms with Gasteiger partial charge in [-0.15, -0.1) is 0 Å². The van der Waals surface area contributed by atoms with Crippen molar-refractivity contribution >= 4 is 34.4 Å². The van der Waals surface area contributed by atoms with Gasteiger partial charge in [0.1, 0.15) is 12.4 Å². The Morgan fingerprint density at radius 3 is 2.79 bits per heavy atom. The van der Waals surface area contributed by atoms with Crippen LogP contribution >= 0.6 is 34.4 Å². The van der Waals surface area contributed by atoms with Gasteiger partial charge in [0.2, 0.25) is 0 Å². The van der Waals surface area contributed by atoms with Gasteiger partial charge in [-0.3, -0.25) is 0 Å². The third-order valence-electron chi connectivity index (χ3n) is 2.38. The largest absolute Gasteiger partial charge is 0.492 e. The summed E-state index contributed by atoms with van der Waals surface area (Å²) in [5.74, 6) is 2.70. The Kier molecular flexibility index (Phi) is 5.84. The lowest BCUT2D eigenvalue weighted by atomic mass is 10.3. The van der Waals surface area contributed by atoms with Gasteiger partial charge in [-0.05, 0) is 12.1 Å². The number of nitrogens with one attached hydrogen (secondary N) is 2. The number of alkyl halides is 1. The van der Waals surface area contributed by atoms with Gasteiger partial charge in [0.05, 0.1) is 3.92 Å². The second-order valence-corrected chi connectivity index (χ2v) is 6.80. The van der Waals surface area contributed by atoms with E-state index in [0.717, 1.165) is 22.9 Å². The van der Waals surface area contributed by atoms with Crippen molar-refractivity contribution in [3.8, 4) is 5.75 Å². The van der Waals surface area contributed by atoms with Crippen LogP contribution in [0.25, 0.3) is 0 Å². The van der Waals surface area contributed by atoms with Gasteiger partial charge >= 0.3 is 5.69 Å². The van der Waals surface area contributed by atoms with Gasteiger partial charge in [0.15, 0.2) is 0 Å². The standard InChI is InChI=1S/C13H15IN2O2S/c14-10(7-18-12-4-2-1-3-5-12)8-19-9-11-6-15-13(17)16-11/h1-6,10H,7-9H2,(H2,15,16,17). The van der Waals surface area contributed by atoms with Crippen LogP contribution in [0.3, 0.4) is 0 Å². The molecule has 102 valence electrons. The van der Waals surface area contributed by atoms with Gasteiger partial charge < -0.3 is 14.7 Å². The van der Waals surface area contributed by atoms with Crippen molar-refractivity contribution in [3.63, 3.8) is 0 Å². The second kappa shape index (κ2) is 7.64. The molecule has 0 saturated carbocycles. The number of imidazole rings is 1. The smallest absolute Gasteiger partial charge is 0.323 e. The van der Waals surface area contributed by atoms with Crippen molar-refractivity contribution in [1.29, 1.82) is 0 Å². The molecule has 2 rings (SSSR count).